The van der Waals surface area contributed by atoms with Gasteiger partial charge in [0.2, 0.25) is 11.8 Å². The summed E-state index contributed by atoms with van der Waals surface area (Å²) in [5.41, 5.74) is 8.55. The van der Waals surface area contributed by atoms with Crippen LogP contribution in [0.25, 0.3) is 0 Å². The molecule has 2 rings (SSSR count). The molecule has 0 aromatic heterocycles. The van der Waals surface area contributed by atoms with Crippen LogP contribution in [0.1, 0.15) is 68.8 Å². The number of para-hydroxylation sites is 1. The van der Waals surface area contributed by atoms with Gasteiger partial charge in [0.1, 0.15) is 17.7 Å². The fourth-order valence-corrected chi connectivity index (χ4v) is 4.18. The van der Waals surface area contributed by atoms with Crippen molar-refractivity contribution in [3.05, 3.63) is 64.7 Å². The van der Waals surface area contributed by atoms with Crippen molar-refractivity contribution in [3.8, 4) is 0 Å². The van der Waals surface area contributed by atoms with Crippen LogP contribution in [0.2, 0.25) is 0 Å². The summed E-state index contributed by atoms with van der Waals surface area (Å²) in [5.74, 6) is -1.53. The molecule has 2 aromatic carbocycles. The van der Waals surface area contributed by atoms with Crippen LogP contribution < -0.4 is 16.4 Å². The number of aryl methyl sites for hydroxylation is 3. The summed E-state index contributed by atoms with van der Waals surface area (Å²) < 4.78 is 5.34. The first-order valence-electron chi connectivity index (χ1n) is 12.8. The van der Waals surface area contributed by atoms with Gasteiger partial charge in [-0.05, 0) is 71.6 Å². The van der Waals surface area contributed by atoms with E-state index in [1.54, 1.807) is 33.8 Å². The summed E-state index contributed by atoms with van der Waals surface area (Å²) in [7, 11) is 0. The first-order chi connectivity index (χ1) is 17.7. The van der Waals surface area contributed by atoms with Gasteiger partial charge in [-0.2, -0.15) is 0 Å². The third-order valence-electron chi connectivity index (χ3n) is 5.94. The van der Waals surface area contributed by atoms with Crippen LogP contribution in [0.15, 0.2) is 42.5 Å². The normalized spacial score (nSPS) is 12.7. The standard InChI is InChI=1S/C29H40N4O5/c1-8-33(27(36)22(15-16-23(30)34)31-28(37)38-29(5,6)7)25(21-14-9-11-18(2)17-21)26(35)32-24-19(3)12-10-13-20(24)4/h9-14,17,22,25H,8,15-16H2,1-7H3,(H2,30,34)(H,31,37)(H,32,35). The van der Waals surface area contributed by atoms with Crippen molar-refractivity contribution in [2.45, 2.75) is 79.0 Å². The second-order valence-electron chi connectivity index (χ2n) is 10.4. The molecule has 4 N–H and O–H groups in total. The van der Waals surface area contributed by atoms with Crippen molar-refractivity contribution >= 4 is 29.5 Å². The third kappa shape index (κ3) is 8.61. The number of carbonyl (C=O) groups is 4. The maximum atomic E-state index is 13.9. The summed E-state index contributed by atoms with van der Waals surface area (Å²) in [4.78, 5) is 53.2. The molecule has 9 nitrogen and oxygen atoms in total. The third-order valence-corrected chi connectivity index (χ3v) is 5.94. The van der Waals surface area contributed by atoms with E-state index in [2.05, 4.69) is 10.6 Å². The summed E-state index contributed by atoms with van der Waals surface area (Å²) in [6.45, 7) is 12.7. The predicted molar refractivity (Wildman–Crippen MR) is 147 cm³/mol. The number of hydrogen-bond donors (Lipinski definition) is 3. The van der Waals surface area contributed by atoms with Crippen molar-refractivity contribution in [2.24, 2.45) is 5.73 Å². The Bertz CT molecular complexity index is 1150. The first kappa shape index (κ1) is 30.3. The summed E-state index contributed by atoms with van der Waals surface area (Å²) >= 11 is 0. The molecule has 38 heavy (non-hydrogen) atoms. The number of nitrogens with zero attached hydrogens (tertiary/aromatic N) is 1. The number of alkyl carbamates (subject to hydrolysis) is 1. The lowest BCUT2D eigenvalue weighted by molar-refractivity contribution is -0.140. The molecule has 0 bridgehead atoms. The summed E-state index contributed by atoms with van der Waals surface area (Å²) in [6, 6.07) is 11.0. The Hall–Kier alpha value is -3.88. The van der Waals surface area contributed by atoms with Crippen LogP contribution >= 0.6 is 0 Å². The van der Waals surface area contributed by atoms with Crippen LogP contribution in [0.3, 0.4) is 0 Å². The van der Waals surface area contributed by atoms with Crippen LogP contribution in [0.5, 0.6) is 0 Å². The molecule has 0 aliphatic heterocycles. The molecule has 0 aliphatic rings. The second kappa shape index (κ2) is 13.1. The summed E-state index contributed by atoms with van der Waals surface area (Å²) in [5, 5.41) is 5.58. The molecule has 206 valence electrons. The maximum absolute atomic E-state index is 13.9. The van der Waals surface area contributed by atoms with Gasteiger partial charge < -0.3 is 26.0 Å². The fraction of sp³-hybridized carbons (Fsp3) is 0.448. The van der Waals surface area contributed by atoms with E-state index in [-0.39, 0.29) is 19.4 Å². The van der Waals surface area contributed by atoms with Gasteiger partial charge in [0.15, 0.2) is 0 Å². The van der Waals surface area contributed by atoms with E-state index in [0.717, 1.165) is 16.7 Å². The van der Waals surface area contributed by atoms with E-state index in [0.29, 0.717) is 11.3 Å². The lowest BCUT2D eigenvalue weighted by Crippen LogP contribution is -2.52. The number of nitrogens with one attached hydrogen (secondary N) is 2. The largest absolute Gasteiger partial charge is 0.444 e. The number of ether oxygens (including phenoxy) is 1. The number of hydrogen-bond acceptors (Lipinski definition) is 5. The van der Waals surface area contributed by atoms with E-state index >= 15 is 0 Å². The zero-order chi connectivity index (χ0) is 28.6. The SMILES string of the molecule is CCN(C(=O)C(CCC(N)=O)NC(=O)OC(C)(C)C)C(C(=O)Nc1c(C)cccc1C)c1cccc(C)c1. The Labute approximate surface area is 225 Å². The van der Waals surface area contributed by atoms with Crippen molar-refractivity contribution in [2.75, 3.05) is 11.9 Å². The van der Waals surface area contributed by atoms with Gasteiger partial charge >= 0.3 is 6.09 Å². The van der Waals surface area contributed by atoms with Gasteiger partial charge in [-0.1, -0.05) is 48.0 Å². The Morgan fingerprint density at radius 2 is 1.61 bits per heavy atom. The van der Waals surface area contributed by atoms with Crippen LogP contribution in [0, 0.1) is 20.8 Å². The smallest absolute Gasteiger partial charge is 0.408 e. The van der Waals surface area contributed by atoms with Gasteiger partial charge in [0.25, 0.3) is 5.91 Å². The van der Waals surface area contributed by atoms with E-state index in [4.69, 9.17) is 10.5 Å². The monoisotopic (exact) mass is 524 g/mol. The Balaban J connectivity index is 2.50. The van der Waals surface area contributed by atoms with Gasteiger partial charge in [-0.15, -0.1) is 0 Å². The number of nitrogens with two attached hydrogens (primary N) is 1. The highest BCUT2D eigenvalue weighted by atomic mass is 16.6. The van der Waals surface area contributed by atoms with E-state index in [9.17, 15) is 19.2 Å². The average Bonchev–Trinajstić information content (AvgIpc) is 2.80. The van der Waals surface area contributed by atoms with Crippen LogP contribution in [0.4, 0.5) is 10.5 Å². The minimum atomic E-state index is -1.13. The average molecular weight is 525 g/mol. The van der Waals surface area contributed by atoms with E-state index in [1.807, 2.05) is 57.2 Å². The molecule has 9 heteroatoms. The minimum Gasteiger partial charge on any atom is -0.444 e. The highest BCUT2D eigenvalue weighted by Crippen LogP contribution is 2.27. The number of rotatable bonds is 10. The Kier molecular flexibility index (Phi) is 10.4. The highest BCUT2D eigenvalue weighted by molar-refractivity contribution is 6.00. The zero-order valence-electron chi connectivity index (χ0n) is 23.4. The maximum Gasteiger partial charge on any atom is 0.408 e. The lowest BCUT2D eigenvalue weighted by atomic mass is 9.99. The number of likely N-dealkylation sites (N-methyl/N-ethyl adjacent to an activating group) is 1. The Morgan fingerprint density at radius 1 is 1.00 bits per heavy atom. The molecule has 0 spiro atoms. The molecule has 0 saturated carbocycles. The number of amides is 4. The zero-order valence-corrected chi connectivity index (χ0v) is 23.4. The quantitative estimate of drug-likeness (QED) is 0.427. The Morgan fingerprint density at radius 3 is 2.13 bits per heavy atom. The van der Waals surface area contributed by atoms with E-state index in [1.165, 1.54) is 4.90 Å². The molecule has 0 heterocycles. The molecule has 0 saturated heterocycles. The molecule has 2 aromatic rings. The van der Waals surface area contributed by atoms with Crippen molar-refractivity contribution < 1.29 is 23.9 Å². The molecule has 4 amide bonds. The summed E-state index contributed by atoms with van der Waals surface area (Å²) in [6.07, 6.45) is -0.973. The number of carbonyl (C=O) groups excluding carboxylic acids is 4. The number of benzene rings is 2. The minimum absolute atomic E-state index is 0.0387. The molecular weight excluding hydrogens is 484 g/mol. The van der Waals surface area contributed by atoms with E-state index < -0.39 is 41.5 Å². The van der Waals surface area contributed by atoms with Crippen molar-refractivity contribution in [3.63, 3.8) is 0 Å². The van der Waals surface area contributed by atoms with Gasteiger partial charge in [-0.25, -0.2) is 4.79 Å². The fourth-order valence-electron chi connectivity index (χ4n) is 4.18. The first-order valence-corrected chi connectivity index (χ1v) is 12.8. The van der Waals surface area contributed by atoms with Gasteiger partial charge in [0, 0.05) is 18.7 Å². The highest BCUT2D eigenvalue weighted by Gasteiger charge is 2.36. The molecule has 2 unspecified atom stereocenters. The topological polar surface area (TPSA) is 131 Å². The van der Waals surface area contributed by atoms with Crippen LogP contribution in [-0.2, 0) is 19.1 Å². The second-order valence-corrected chi connectivity index (χ2v) is 10.4. The predicted octanol–water partition coefficient (Wildman–Crippen LogP) is 4.30. The molecule has 2 atom stereocenters. The van der Waals surface area contributed by atoms with Gasteiger partial charge in [-0.3, -0.25) is 14.4 Å². The molecule has 0 radical (unpaired) electrons. The lowest BCUT2D eigenvalue weighted by Gasteiger charge is -2.34. The molecule has 0 fully saturated rings. The van der Waals surface area contributed by atoms with Gasteiger partial charge in [0.05, 0.1) is 0 Å². The molecule has 0 aliphatic carbocycles. The molecular formula is C29H40N4O5. The van der Waals surface area contributed by atoms with Crippen molar-refractivity contribution in [1.29, 1.82) is 0 Å². The number of primary amides is 1. The number of anilines is 1. The van der Waals surface area contributed by atoms with Crippen molar-refractivity contribution in [1.82, 2.24) is 10.2 Å². The van der Waals surface area contributed by atoms with Crippen LogP contribution in [-0.4, -0.2) is 46.9 Å².